The molecule has 2 heterocycles. The minimum Gasteiger partial charge on any atom is -0.468 e. The van der Waals surface area contributed by atoms with Gasteiger partial charge in [0.05, 0.1) is 40.2 Å². The lowest BCUT2D eigenvalue weighted by Crippen LogP contribution is -2.30. The first-order valence-electron chi connectivity index (χ1n) is 9.92. The van der Waals surface area contributed by atoms with E-state index in [2.05, 4.69) is 23.3 Å². The molecule has 2 N–H and O–H groups in total. The molecule has 3 rings (SSSR count). The van der Waals surface area contributed by atoms with Crippen molar-refractivity contribution in [1.29, 1.82) is 5.26 Å². The van der Waals surface area contributed by atoms with Gasteiger partial charge in [0, 0.05) is 12.2 Å². The molecule has 1 atom stereocenters. The Morgan fingerprint density at radius 3 is 2.75 bits per heavy atom. The fourth-order valence-corrected chi connectivity index (χ4v) is 4.16. The molecule has 8 heteroatoms. The fraction of sp³-hybridized carbons (Fsp3) is 0.208. The van der Waals surface area contributed by atoms with Crippen LogP contribution in [0.5, 0.6) is 0 Å². The molecule has 0 saturated carbocycles. The zero-order valence-electron chi connectivity index (χ0n) is 17.6. The van der Waals surface area contributed by atoms with E-state index in [1.54, 1.807) is 19.1 Å². The van der Waals surface area contributed by atoms with Crippen molar-refractivity contribution in [3.63, 3.8) is 0 Å². The zero-order valence-corrected chi connectivity index (χ0v) is 18.4. The summed E-state index contributed by atoms with van der Waals surface area (Å²) in [4.78, 5) is 25.1. The van der Waals surface area contributed by atoms with Crippen LogP contribution in [0.4, 0.5) is 0 Å². The van der Waals surface area contributed by atoms with Crippen LogP contribution in [0.1, 0.15) is 24.2 Å². The van der Waals surface area contributed by atoms with Gasteiger partial charge in [0.1, 0.15) is 12.4 Å². The summed E-state index contributed by atoms with van der Waals surface area (Å²) >= 11 is 1.20. The van der Waals surface area contributed by atoms with Gasteiger partial charge in [-0.3, -0.25) is 4.79 Å². The Morgan fingerprint density at radius 1 is 1.31 bits per heavy atom. The van der Waals surface area contributed by atoms with E-state index >= 15 is 0 Å². The molecule has 0 spiro atoms. The van der Waals surface area contributed by atoms with Gasteiger partial charge >= 0.3 is 5.97 Å². The molecule has 0 bridgehead atoms. The molecule has 0 saturated heterocycles. The molecule has 32 heavy (non-hydrogen) atoms. The van der Waals surface area contributed by atoms with E-state index in [1.807, 2.05) is 30.3 Å². The average molecular weight is 450 g/mol. The molecule has 1 amide bonds. The molecule has 2 aromatic rings. The Hall–Kier alpha value is -3.70. The van der Waals surface area contributed by atoms with E-state index in [1.165, 1.54) is 24.1 Å². The van der Waals surface area contributed by atoms with Crippen LogP contribution in [0, 0.1) is 11.3 Å². The van der Waals surface area contributed by atoms with Crippen LogP contribution in [0.25, 0.3) is 0 Å². The highest BCUT2D eigenvalue weighted by atomic mass is 32.2. The fourth-order valence-electron chi connectivity index (χ4n) is 3.23. The Labute approximate surface area is 190 Å². The van der Waals surface area contributed by atoms with Gasteiger partial charge in [-0.1, -0.05) is 54.7 Å². The largest absolute Gasteiger partial charge is 0.468 e. The van der Waals surface area contributed by atoms with Crippen molar-refractivity contribution in [2.75, 3.05) is 12.4 Å². The predicted molar refractivity (Wildman–Crippen MR) is 122 cm³/mol. The summed E-state index contributed by atoms with van der Waals surface area (Å²) in [5.74, 6) is -0.913. The summed E-state index contributed by atoms with van der Waals surface area (Å²) in [6.45, 7) is 5.75. The molecular formula is C24H23N3O4S. The number of esters is 1. The van der Waals surface area contributed by atoms with E-state index in [0.717, 1.165) is 5.56 Å². The number of nitrogens with zero attached hydrogens (tertiary/aromatic N) is 1. The highest BCUT2D eigenvalue weighted by molar-refractivity contribution is 8.03. The van der Waals surface area contributed by atoms with Crippen LogP contribution in [-0.2, 0) is 20.9 Å². The van der Waals surface area contributed by atoms with E-state index in [-0.39, 0.29) is 29.4 Å². The molecule has 1 aromatic carbocycles. The number of nitriles is 1. The third-order valence-electron chi connectivity index (χ3n) is 4.71. The number of dihydropyridines is 1. The van der Waals surface area contributed by atoms with Crippen LogP contribution in [0.15, 0.2) is 87.7 Å². The Morgan fingerprint density at radius 2 is 2.09 bits per heavy atom. The van der Waals surface area contributed by atoms with Gasteiger partial charge < -0.3 is 19.8 Å². The lowest BCUT2D eigenvalue weighted by molar-refractivity contribution is -0.138. The van der Waals surface area contributed by atoms with Crippen molar-refractivity contribution in [2.24, 2.45) is 0 Å². The number of furan rings is 1. The molecule has 7 nitrogen and oxygen atoms in total. The van der Waals surface area contributed by atoms with Gasteiger partial charge in [0.2, 0.25) is 5.91 Å². The number of thioether (sulfide) groups is 1. The first-order valence-corrected chi connectivity index (χ1v) is 10.9. The van der Waals surface area contributed by atoms with Crippen LogP contribution in [-0.4, -0.2) is 24.2 Å². The Balaban J connectivity index is 1.78. The van der Waals surface area contributed by atoms with Gasteiger partial charge in [-0.15, -0.1) is 0 Å². The molecule has 1 aliphatic heterocycles. The van der Waals surface area contributed by atoms with Gasteiger partial charge in [0.15, 0.2) is 0 Å². The predicted octanol–water partition coefficient (Wildman–Crippen LogP) is 3.75. The monoisotopic (exact) mass is 449 g/mol. The number of rotatable bonds is 9. The van der Waals surface area contributed by atoms with Crippen LogP contribution in [0.2, 0.25) is 0 Å². The van der Waals surface area contributed by atoms with E-state index in [0.29, 0.717) is 23.0 Å². The average Bonchev–Trinajstić information content (AvgIpc) is 3.34. The quantitative estimate of drug-likeness (QED) is 0.444. The Bertz CT molecular complexity index is 1080. The Kier molecular flexibility index (Phi) is 7.95. The maximum Gasteiger partial charge on any atom is 0.337 e. The topological polar surface area (TPSA) is 104 Å². The van der Waals surface area contributed by atoms with E-state index in [9.17, 15) is 14.9 Å². The summed E-state index contributed by atoms with van der Waals surface area (Å²) in [5.41, 5.74) is 2.11. The third kappa shape index (κ3) is 5.50. The van der Waals surface area contributed by atoms with Crippen molar-refractivity contribution in [3.05, 3.63) is 94.6 Å². The van der Waals surface area contributed by atoms with Gasteiger partial charge in [-0.05, 0) is 24.6 Å². The number of ether oxygens (including phenoxy) is 1. The molecule has 164 valence electrons. The number of allylic oxidation sites excluding steroid dienone is 2. The number of amides is 1. The van der Waals surface area contributed by atoms with Crippen molar-refractivity contribution in [2.45, 2.75) is 19.4 Å². The molecule has 0 fully saturated rings. The number of carbonyl (C=O) groups excluding carboxylic acids is 2. The lowest BCUT2D eigenvalue weighted by atomic mass is 9.86. The maximum atomic E-state index is 12.7. The van der Waals surface area contributed by atoms with Crippen molar-refractivity contribution >= 4 is 23.6 Å². The van der Waals surface area contributed by atoms with E-state index < -0.39 is 11.9 Å². The van der Waals surface area contributed by atoms with Gasteiger partial charge in [-0.25, -0.2) is 4.79 Å². The van der Waals surface area contributed by atoms with Crippen molar-refractivity contribution < 1.29 is 18.7 Å². The SMILES string of the molecule is C=CCOC(=O)C1=C(C)NC(SCC(=O)NCc2ccccc2)=C(C#N)C1c1ccco1. The van der Waals surface area contributed by atoms with Crippen molar-refractivity contribution in [1.82, 2.24) is 10.6 Å². The minimum absolute atomic E-state index is 0.0509. The summed E-state index contributed by atoms with van der Waals surface area (Å²) in [6, 6.07) is 15.2. The number of benzene rings is 1. The number of hydrogen-bond acceptors (Lipinski definition) is 7. The van der Waals surface area contributed by atoms with Crippen molar-refractivity contribution in [3.8, 4) is 6.07 Å². The van der Waals surface area contributed by atoms with Gasteiger partial charge in [-0.2, -0.15) is 5.26 Å². The number of nitrogens with one attached hydrogen (secondary N) is 2. The zero-order chi connectivity index (χ0) is 22.9. The maximum absolute atomic E-state index is 12.7. The normalized spacial score (nSPS) is 15.6. The van der Waals surface area contributed by atoms with Crippen LogP contribution < -0.4 is 10.6 Å². The second kappa shape index (κ2) is 11.1. The van der Waals surface area contributed by atoms with Gasteiger partial charge in [0.25, 0.3) is 0 Å². The van der Waals surface area contributed by atoms with Crippen LogP contribution in [0.3, 0.4) is 0 Å². The standard InChI is InChI=1S/C24H23N3O4S/c1-3-11-31-24(29)21-16(2)27-23(18(13-25)22(21)19-10-7-12-30-19)32-15-20(28)26-14-17-8-5-4-6-9-17/h3-10,12,22,27H,1,11,14-15H2,2H3,(H,26,28). The molecule has 1 aliphatic rings. The van der Waals surface area contributed by atoms with E-state index in [4.69, 9.17) is 9.15 Å². The lowest BCUT2D eigenvalue weighted by Gasteiger charge is -2.27. The first-order chi connectivity index (χ1) is 15.5. The third-order valence-corrected chi connectivity index (χ3v) is 5.72. The summed E-state index contributed by atoms with van der Waals surface area (Å²) < 4.78 is 10.8. The minimum atomic E-state index is -0.733. The highest BCUT2D eigenvalue weighted by Gasteiger charge is 2.37. The molecule has 0 aliphatic carbocycles. The summed E-state index contributed by atoms with van der Waals surface area (Å²) in [6.07, 6.45) is 2.96. The van der Waals surface area contributed by atoms with Crippen LogP contribution >= 0.6 is 11.8 Å². The highest BCUT2D eigenvalue weighted by Crippen LogP contribution is 2.41. The number of hydrogen-bond donors (Lipinski definition) is 2. The molecular weight excluding hydrogens is 426 g/mol. The number of carbonyl (C=O) groups is 2. The smallest absolute Gasteiger partial charge is 0.337 e. The second-order valence-electron chi connectivity index (χ2n) is 6.90. The molecule has 1 unspecified atom stereocenters. The molecule has 0 radical (unpaired) electrons. The molecule has 1 aromatic heterocycles. The summed E-state index contributed by atoms with van der Waals surface area (Å²) in [5, 5.41) is 16.4. The first kappa shape index (κ1) is 23.0. The second-order valence-corrected chi connectivity index (χ2v) is 7.89. The summed E-state index contributed by atoms with van der Waals surface area (Å²) in [7, 11) is 0.